The van der Waals surface area contributed by atoms with Gasteiger partial charge in [0.1, 0.15) is 0 Å². The summed E-state index contributed by atoms with van der Waals surface area (Å²) in [5.74, 6) is 0. The largest absolute Gasteiger partial charge is 0.304 e. The van der Waals surface area contributed by atoms with E-state index in [0.717, 1.165) is 0 Å². The SMILES string of the molecule is Br.[Zn].[c-]1cccnc1. The molecule has 1 rings (SSSR count). The van der Waals surface area contributed by atoms with Gasteiger partial charge in [-0.05, 0) is 0 Å². The first-order chi connectivity index (χ1) is 3.00. The van der Waals surface area contributed by atoms with Crippen LogP contribution in [0.2, 0.25) is 0 Å². The molecule has 0 atom stereocenters. The number of halogens is 1. The smallest absolute Gasteiger partial charge is 0 e. The molecule has 1 nitrogen and oxygen atoms in total. The summed E-state index contributed by atoms with van der Waals surface area (Å²) in [5, 5.41) is 0. The minimum Gasteiger partial charge on any atom is -0.304 e. The van der Waals surface area contributed by atoms with Gasteiger partial charge in [-0.2, -0.15) is 6.07 Å². The van der Waals surface area contributed by atoms with Crippen LogP contribution < -0.4 is 0 Å². The summed E-state index contributed by atoms with van der Waals surface area (Å²) in [4.78, 5) is 3.73. The summed E-state index contributed by atoms with van der Waals surface area (Å²) in [5.41, 5.74) is 0. The van der Waals surface area contributed by atoms with E-state index in [1.807, 2.05) is 12.1 Å². The van der Waals surface area contributed by atoms with Gasteiger partial charge in [0.2, 0.25) is 0 Å². The molecule has 0 radical (unpaired) electrons. The van der Waals surface area contributed by atoms with Gasteiger partial charge in [0.25, 0.3) is 0 Å². The van der Waals surface area contributed by atoms with Crippen LogP contribution in [0.15, 0.2) is 24.5 Å². The van der Waals surface area contributed by atoms with Crippen molar-refractivity contribution in [1.82, 2.24) is 4.98 Å². The van der Waals surface area contributed by atoms with Crippen LogP contribution in [0.4, 0.5) is 0 Å². The summed E-state index contributed by atoms with van der Waals surface area (Å²) in [6, 6.07) is 6.43. The van der Waals surface area contributed by atoms with Gasteiger partial charge >= 0.3 is 0 Å². The third-order valence-electron chi connectivity index (χ3n) is 0.514. The van der Waals surface area contributed by atoms with Crippen molar-refractivity contribution in [3.05, 3.63) is 30.6 Å². The zero-order valence-electron chi connectivity index (χ0n) is 4.37. The van der Waals surface area contributed by atoms with Crippen LogP contribution in [0.25, 0.3) is 0 Å². The minimum atomic E-state index is 0. The first-order valence-corrected chi connectivity index (χ1v) is 1.76. The topological polar surface area (TPSA) is 12.9 Å². The van der Waals surface area contributed by atoms with Crippen LogP contribution in [0, 0.1) is 6.07 Å². The molecule has 1 aromatic heterocycles. The first kappa shape index (κ1) is 11.1. The van der Waals surface area contributed by atoms with Gasteiger partial charge in [-0.3, -0.25) is 0 Å². The fourth-order valence-corrected chi connectivity index (χ4v) is 0.277. The minimum absolute atomic E-state index is 0. The van der Waals surface area contributed by atoms with Crippen LogP contribution in [0.3, 0.4) is 0 Å². The number of aromatic nitrogens is 1. The molecule has 0 aromatic carbocycles. The predicted octanol–water partition coefficient (Wildman–Crippen LogP) is 1.46. The van der Waals surface area contributed by atoms with Gasteiger partial charge in [0, 0.05) is 19.5 Å². The first-order valence-electron chi connectivity index (χ1n) is 1.76. The van der Waals surface area contributed by atoms with Crippen molar-refractivity contribution < 1.29 is 19.5 Å². The van der Waals surface area contributed by atoms with Crippen LogP contribution in [0.5, 0.6) is 0 Å². The van der Waals surface area contributed by atoms with Crippen molar-refractivity contribution in [3.8, 4) is 0 Å². The van der Waals surface area contributed by atoms with E-state index in [9.17, 15) is 0 Å². The Labute approximate surface area is 72.0 Å². The molecule has 0 spiro atoms. The molecule has 0 aliphatic carbocycles. The second-order valence-electron chi connectivity index (χ2n) is 0.953. The maximum atomic E-state index is 3.73. The van der Waals surface area contributed by atoms with Gasteiger partial charge in [0.05, 0.1) is 0 Å². The summed E-state index contributed by atoms with van der Waals surface area (Å²) < 4.78 is 0. The van der Waals surface area contributed by atoms with E-state index in [2.05, 4.69) is 11.1 Å². The predicted molar refractivity (Wildman–Crippen MR) is 33.4 cm³/mol. The molecule has 8 heavy (non-hydrogen) atoms. The standard InChI is InChI=1S/C5H4N.BrH.Zn/c1-2-4-6-5-3-1;;/h1-2,4-5H;1H;/q-1;;. The zero-order valence-corrected chi connectivity index (χ0v) is 9.05. The Morgan fingerprint density at radius 3 is 2.25 bits per heavy atom. The molecule has 0 unspecified atom stereocenters. The van der Waals surface area contributed by atoms with E-state index in [1.54, 1.807) is 12.4 Å². The Morgan fingerprint density at radius 1 is 1.38 bits per heavy atom. The molecule has 0 saturated heterocycles. The van der Waals surface area contributed by atoms with Gasteiger partial charge in [0.15, 0.2) is 0 Å². The number of rotatable bonds is 0. The van der Waals surface area contributed by atoms with Crippen molar-refractivity contribution in [2.24, 2.45) is 0 Å². The van der Waals surface area contributed by atoms with Crippen LogP contribution in [-0.4, -0.2) is 4.98 Å². The average Bonchev–Trinajstić information content (AvgIpc) is 1.72. The number of nitrogens with zero attached hydrogens (tertiary/aromatic N) is 1. The number of hydrogen-bond donors (Lipinski definition) is 0. The van der Waals surface area contributed by atoms with Crippen molar-refractivity contribution in [1.29, 1.82) is 0 Å². The Kier molecular flexibility index (Phi) is 10.1. The third kappa shape index (κ3) is 4.41. The monoisotopic (exact) mass is 222 g/mol. The fourth-order valence-electron chi connectivity index (χ4n) is 0.277. The number of hydrogen-bond acceptors (Lipinski definition) is 1. The molecule has 0 saturated carbocycles. The van der Waals surface area contributed by atoms with Gasteiger partial charge in [-0.25, -0.2) is 12.1 Å². The van der Waals surface area contributed by atoms with E-state index in [-0.39, 0.29) is 36.5 Å². The van der Waals surface area contributed by atoms with E-state index in [1.165, 1.54) is 0 Å². The molecule has 1 aromatic rings. The maximum absolute atomic E-state index is 3.73. The number of pyridine rings is 1. The van der Waals surface area contributed by atoms with Crippen LogP contribution in [-0.2, 0) is 19.5 Å². The quantitative estimate of drug-likeness (QED) is 0.480. The maximum Gasteiger partial charge on any atom is 0 e. The summed E-state index contributed by atoms with van der Waals surface area (Å²) in [7, 11) is 0. The molecule has 0 fully saturated rings. The molecule has 0 bridgehead atoms. The Hall–Kier alpha value is 0.253. The Morgan fingerprint density at radius 2 is 2.12 bits per heavy atom. The van der Waals surface area contributed by atoms with E-state index in [0.29, 0.717) is 0 Å². The molecular weight excluding hydrogens is 219 g/mol. The third-order valence-corrected chi connectivity index (χ3v) is 0.514. The van der Waals surface area contributed by atoms with E-state index in [4.69, 9.17) is 0 Å². The van der Waals surface area contributed by atoms with Crippen molar-refractivity contribution in [3.63, 3.8) is 0 Å². The second kappa shape index (κ2) is 7.25. The molecule has 1 heterocycles. The van der Waals surface area contributed by atoms with Crippen molar-refractivity contribution in [2.45, 2.75) is 0 Å². The molecule has 3 heteroatoms. The van der Waals surface area contributed by atoms with Crippen molar-refractivity contribution >= 4 is 17.0 Å². The summed E-state index contributed by atoms with van der Waals surface area (Å²) >= 11 is 0. The molecule has 0 N–H and O–H groups in total. The molecular formula is C5H5BrNZn-. The van der Waals surface area contributed by atoms with Crippen molar-refractivity contribution in [2.75, 3.05) is 0 Å². The van der Waals surface area contributed by atoms with E-state index >= 15 is 0 Å². The van der Waals surface area contributed by atoms with Gasteiger partial charge < -0.3 is 4.98 Å². The molecule has 0 aliphatic rings. The van der Waals surface area contributed by atoms with Gasteiger partial charge in [-0.1, -0.05) is 12.4 Å². The van der Waals surface area contributed by atoms with Crippen LogP contribution in [0.1, 0.15) is 0 Å². The Bertz CT molecular complexity index is 84.4. The summed E-state index contributed by atoms with van der Waals surface area (Å²) in [6.45, 7) is 0. The van der Waals surface area contributed by atoms with E-state index < -0.39 is 0 Å². The summed E-state index contributed by atoms with van der Waals surface area (Å²) in [6.07, 6.45) is 3.34. The van der Waals surface area contributed by atoms with Gasteiger partial charge in [-0.15, -0.1) is 17.0 Å². The second-order valence-corrected chi connectivity index (χ2v) is 0.953. The normalized spacial score (nSPS) is 6.00. The Balaban J connectivity index is 0. The molecule has 0 aliphatic heterocycles. The van der Waals surface area contributed by atoms with Crippen LogP contribution >= 0.6 is 17.0 Å². The molecule has 0 amide bonds. The fraction of sp³-hybridized carbons (Fsp3) is 0. The average molecular weight is 224 g/mol. The zero-order chi connectivity index (χ0) is 4.24. The molecule has 40 valence electrons.